The fourth-order valence-electron chi connectivity index (χ4n) is 1.19. The summed E-state index contributed by atoms with van der Waals surface area (Å²) in [7, 11) is 0. The SMILES string of the molecule is CCCCc1ccc(/C=C/C#N)nc1. The second kappa shape index (κ2) is 5.93. The molecule has 2 nitrogen and oxygen atoms in total. The van der Waals surface area contributed by atoms with Gasteiger partial charge >= 0.3 is 0 Å². The van der Waals surface area contributed by atoms with Crippen LogP contribution < -0.4 is 0 Å². The van der Waals surface area contributed by atoms with Gasteiger partial charge in [-0.2, -0.15) is 5.26 Å². The highest BCUT2D eigenvalue weighted by atomic mass is 14.7. The molecule has 0 bridgehead atoms. The van der Waals surface area contributed by atoms with Crippen molar-refractivity contribution in [3.8, 4) is 6.07 Å². The van der Waals surface area contributed by atoms with E-state index in [2.05, 4.69) is 18.0 Å². The third-order valence-electron chi connectivity index (χ3n) is 2.00. The van der Waals surface area contributed by atoms with E-state index in [0.717, 1.165) is 12.1 Å². The Balaban J connectivity index is 2.60. The minimum absolute atomic E-state index is 0.840. The van der Waals surface area contributed by atoms with Crippen LogP contribution >= 0.6 is 0 Å². The summed E-state index contributed by atoms with van der Waals surface area (Å²) >= 11 is 0. The van der Waals surface area contributed by atoms with Crippen LogP contribution in [0.1, 0.15) is 31.0 Å². The predicted molar refractivity (Wildman–Crippen MR) is 57.5 cm³/mol. The molecule has 0 aliphatic rings. The first kappa shape index (κ1) is 10.5. The Kier molecular flexibility index (Phi) is 4.43. The van der Waals surface area contributed by atoms with Crippen molar-refractivity contribution in [2.45, 2.75) is 26.2 Å². The zero-order valence-corrected chi connectivity index (χ0v) is 8.40. The first-order valence-electron chi connectivity index (χ1n) is 4.88. The second-order valence-corrected chi connectivity index (χ2v) is 3.16. The summed E-state index contributed by atoms with van der Waals surface area (Å²) in [6.07, 6.45) is 8.53. The molecule has 0 aliphatic carbocycles. The monoisotopic (exact) mass is 186 g/mol. The summed E-state index contributed by atoms with van der Waals surface area (Å²) in [5, 5.41) is 8.33. The van der Waals surface area contributed by atoms with E-state index in [1.54, 1.807) is 6.08 Å². The van der Waals surface area contributed by atoms with E-state index in [-0.39, 0.29) is 0 Å². The highest BCUT2D eigenvalue weighted by molar-refractivity contribution is 5.47. The third kappa shape index (κ3) is 3.40. The van der Waals surface area contributed by atoms with E-state index in [1.807, 2.05) is 18.3 Å². The Bertz CT molecular complexity index is 330. The van der Waals surface area contributed by atoms with Crippen LogP contribution in [0.15, 0.2) is 24.4 Å². The first-order valence-corrected chi connectivity index (χ1v) is 4.88. The smallest absolute Gasteiger partial charge is 0.0912 e. The highest BCUT2D eigenvalue weighted by Gasteiger charge is 1.92. The fourth-order valence-corrected chi connectivity index (χ4v) is 1.19. The molecule has 0 spiro atoms. The van der Waals surface area contributed by atoms with Crippen molar-refractivity contribution in [2.24, 2.45) is 0 Å². The number of unbranched alkanes of at least 4 members (excludes halogenated alkanes) is 1. The van der Waals surface area contributed by atoms with E-state index >= 15 is 0 Å². The molecule has 1 aromatic heterocycles. The summed E-state index contributed by atoms with van der Waals surface area (Å²) in [6, 6.07) is 5.96. The van der Waals surface area contributed by atoms with Crippen molar-refractivity contribution >= 4 is 6.08 Å². The van der Waals surface area contributed by atoms with Crippen molar-refractivity contribution in [2.75, 3.05) is 0 Å². The lowest BCUT2D eigenvalue weighted by atomic mass is 10.1. The molecular formula is C12H14N2. The Morgan fingerprint density at radius 2 is 2.36 bits per heavy atom. The quantitative estimate of drug-likeness (QED) is 0.678. The average molecular weight is 186 g/mol. The molecule has 1 aromatic rings. The fraction of sp³-hybridized carbons (Fsp3) is 0.333. The number of aryl methyl sites for hydroxylation is 1. The number of hydrogen-bond donors (Lipinski definition) is 0. The van der Waals surface area contributed by atoms with Gasteiger partial charge in [0.25, 0.3) is 0 Å². The summed E-state index contributed by atoms with van der Waals surface area (Å²) in [4.78, 5) is 4.23. The summed E-state index contributed by atoms with van der Waals surface area (Å²) < 4.78 is 0. The molecule has 0 amide bonds. The second-order valence-electron chi connectivity index (χ2n) is 3.16. The maximum Gasteiger partial charge on any atom is 0.0912 e. The number of hydrogen-bond acceptors (Lipinski definition) is 2. The normalized spacial score (nSPS) is 10.3. The molecule has 72 valence electrons. The molecule has 0 aliphatic heterocycles. The van der Waals surface area contributed by atoms with Gasteiger partial charge in [0.15, 0.2) is 0 Å². The first-order chi connectivity index (χ1) is 6.86. The number of aromatic nitrogens is 1. The van der Waals surface area contributed by atoms with Crippen molar-refractivity contribution in [1.29, 1.82) is 5.26 Å². The van der Waals surface area contributed by atoms with Crippen molar-refractivity contribution in [1.82, 2.24) is 4.98 Å². The topological polar surface area (TPSA) is 36.7 Å². The standard InChI is InChI=1S/C12H14N2/c1-2-3-5-11-7-8-12(14-10-11)6-4-9-13/h4,6-8,10H,2-3,5H2,1H3/b6-4+. The zero-order valence-electron chi connectivity index (χ0n) is 8.40. The number of rotatable bonds is 4. The number of nitrogens with zero attached hydrogens (tertiary/aromatic N) is 2. The minimum Gasteiger partial charge on any atom is -0.257 e. The van der Waals surface area contributed by atoms with E-state index < -0.39 is 0 Å². The van der Waals surface area contributed by atoms with Crippen molar-refractivity contribution in [3.63, 3.8) is 0 Å². The minimum atomic E-state index is 0.840. The van der Waals surface area contributed by atoms with Gasteiger partial charge in [0.1, 0.15) is 0 Å². The van der Waals surface area contributed by atoms with E-state index in [1.165, 1.54) is 24.5 Å². The number of pyridine rings is 1. The average Bonchev–Trinajstić information content (AvgIpc) is 2.25. The van der Waals surface area contributed by atoms with Crippen LogP contribution in [0.5, 0.6) is 0 Å². The molecule has 0 atom stereocenters. The summed E-state index contributed by atoms with van der Waals surface area (Å²) in [5.74, 6) is 0. The molecule has 0 saturated heterocycles. The number of nitriles is 1. The van der Waals surface area contributed by atoms with E-state index in [0.29, 0.717) is 0 Å². The lowest BCUT2D eigenvalue weighted by molar-refractivity contribution is 0.792. The molecule has 0 N–H and O–H groups in total. The largest absolute Gasteiger partial charge is 0.257 e. The van der Waals surface area contributed by atoms with Gasteiger partial charge in [-0.1, -0.05) is 19.4 Å². The molecule has 0 unspecified atom stereocenters. The van der Waals surface area contributed by atoms with Crippen LogP contribution in [0.2, 0.25) is 0 Å². The van der Waals surface area contributed by atoms with Gasteiger partial charge in [0.05, 0.1) is 11.8 Å². The van der Waals surface area contributed by atoms with Gasteiger partial charge in [0, 0.05) is 12.3 Å². The molecule has 1 rings (SSSR count). The van der Waals surface area contributed by atoms with Crippen LogP contribution in [0.25, 0.3) is 6.08 Å². The highest BCUT2D eigenvalue weighted by Crippen LogP contribution is 2.05. The van der Waals surface area contributed by atoms with Gasteiger partial charge in [-0.25, -0.2) is 0 Å². The molecule has 0 radical (unpaired) electrons. The molecule has 0 fully saturated rings. The maximum absolute atomic E-state index is 8.33. The summed E-state index contributed by atoms with van der Waals surface area (Å²) in [6.45, 7) is 2.18. The van der Waals surface area contributed by atoms with Crippen LogP contribution in [-0.4, -0.2) is 4.98 Å². The predicted octanol–water partition coefficient (Wildman–Crippen LogP) is 2.96. The van der Waals surface area contributed by atoms with Crippen LogP contribution in [0.3, 0.4) is 0 Å². The van der Waals surface area contributed by atoms with Gasteiger partial charge in [-0.05, 0) is 30.5 Å². The van der Waals surface area contributed by atoms with Gasteiger partial charge in [-0.15, -0.1) is 0 Å². The Hall–Kier alpha value is -1.62. The van der Waals surface area contributed by atoms with Crippen molar-refractivity contribution in [3.05, 3.63) is 35.7 Å². The molecule has 0 saturated carbocycles. The molecule has 2 heteroatoms. The molecule has 1 heterocycles. The van der Waals surface area contributed by atoms with E-state index in [9.17, 15) is 0 Å². The van der Waals surface area contributed by atoms with Crippen LogP contribution in [0.4, 0.5) is 0 Å². The lowest BCUT2D eigenvalue weighted by Gasteiger charge is -1.98. The summed E-state index contributed by atoms with van der Waals surface area (Å²) in [5.41, 5.74) is 2.10. The van der Waals surface area contributed by atoms with Gasteiger partial charge < -0.3 is 0 Å². The van der Waals surface area contributed by atoms with Gasteiger partial charge in [-0.3, -0.25) is 4.98 Å². The molecule has 14 heavy (non-hydrogen) atoms. The zero-order chi connectivity index (χ0) is 10.2. The Morgan fingerprint density at radius 3 is 2.93 bits per heavy atom. The Labute approximate surface area is 84.9 Å². The van der Waals surface area contributed by atoms with Crippen LogP contribution in [-0.2, 0) is 6.42 Å². The van der Waals surface area contributed by atoms with Gasteiger partial charge in [0.2, 0.25) is 0 Å². The van der Waals surface area contributed by atoms with Crippen LogP contribution in [0, 0.1) is 11.3 Å². The maximum atomic E-state index is 8.33. The number of allylic oxidation sites excluding steroid dienone is 1. The lowest BCUT2D eigenvalue weighted by Crippen LogP contribution is -1.87. The van der Waals surface area contributed by atoms with E-state index in [4.69, 9.17) is 5.26 Å². The molecular weight excluding hydrogens is 172 g/mol. The molecule has 0 aromatic carbocycles. The Morgan fingerprint density at radius 1 is 1.50 bits per heavy atom. The third-order valence-corrected chi connectivity index (χ3v) is 2.00. The van der Waals surface area contributed by atoms with Crippen molar-refractivity contribution < 1.29 is 0 Å².